The van der Waals surface area contributed by atoms with Crippen molar-refractivity contribution in [3.05, 3.63) is 17.5 Å². The maximum absolute atomic E-state index is 8.91. The van der Waals surface area contributed by atoms with Crippen LogP contribution in [0, 0.1) is 6.92 Å². The van der Waals surface area contributed by atoms with Crippen molar-refractivity contribution in [2.75, 3.05) is 6.61 Å². The van der Waals surface area contributed by atoms with Gasteiger partial charge in [-0.3, -0.25) is 4.68 Å². The fourth-order valence-electron chi connectivity index (χ4n) is 1.43. The number of hydrogen-bond acceptors (Lipinski definition) is 3. The summed E-state index contributed by atoms with van der Waals surface area (Å²) in [6.07, 6.45) is 0. The van der Waals surface area contributed by atoms with Crippen LogP contribution in [0.5, 0.6) is 0 Å². The Morgan fingerprint density at radius 3 is 2.69 bits per heavy atom. The molecule has 0 saturated carbocycles. The van der Waals surface area contributed by atoms with Gasteiger partial charge in [0.2, 0.25) is 0 Å². The smallest absolute Gasteiger partial charge is 0.0596 e. The summed E-state index contributed by atoms with van der Waals surface area (Å²) in [5, 5.41) is 13.1. The van der Waals surface area contributed by atoms with Gasteiger partial charge in [0.05, 0.1) is 12.3 Å². The summed E-state index contributed by atoms with van der Waals surface area (Å²) in [5.74, 6) is 0.135. The summed E-state index contributed by atoms with van der Waals surface area (Å²) in [6.45, 7) is 3.95. The molecule has 1 aromatic rings. The van der Waals surface area contributed by atoms with Crippen LogP contribution in [0.1, 0.15) is 24.2 Å². The van der Waals surface area contributed by atoms with E-state index in [4.69, 9.17) is 10.8 Å². The van der Waals surface area contributed by atoms with Crippen molar-refractivity contribution in [1.29, 1.82) is 0 Å². The van der Waals surface area contributed by atoms with Crippen LogP contribution in [0.2, 0.25) is 0 Å². The predicted octanol–water partition coefficient (Wildman–Crippen LogP) is 0.152. The first-order chi connectivity index (χ1) is 6.06. The van der Waals surface area contributed by atoms with Gasteiger partial charge in [-0.25, -0.2) is 0 Å². The summed E-state index contributed by atoms with van der Waals surface area (Å²) in [7, 11) is 1.89. The SMILES string of the molecule is Cc1cc(C(C)C(N)CO)n(C)n1. The summed E-state index contributed by atoms with van der Waals surface area (Å²) in [4.78, 5) is 0. The van der Waals surface area contributed by atoms with Crippen LogP contribution in [0.25, 0.3) is 0 Å². The maximum atomic E-state index is 8.91. The lowest BCUT2D eigenvalue weighted by Crippen LogP contribution is -2.31. The molecule has 0 fully saturated rings. The molecule has 4 heteroatoms. The van der Waals surface area contributed by atoms with Crippen molar-refractivity contribution < 1.29 is 5.11 Å². The van der Waals surface area contributed by atoms with Crippen molar-refractivity contribution in [3.63, 3.8) is 0 Å². The Bertz CT molecular complexity index is 282. The van der Waals surface area contributed by atoms with Crippen LogP contribution in [0.15, 0.2) is 6.07 Å². The van der Waals surface area contributed by atoms with Gasteiger partial charge < -0.3 is 10.8 Å². The summed E-state index contributed by atoms with van der Waals surface area (Å²) < 4.78 is 1.82. The van der Waals surface area contributed by atoms with Crippen molar-refractivity contribution in [3.8, 4) is 0 Å². The molecule has 0 amide bonds. The van der Waals surface area contributed by atoms with Crippen molar-refractivity contribution in [2.45, 2.75) is 25.8 Å². The van der Waals surface area contributed by atoms with Gasteiger partial charge in [0.1, 0.15) is 0 Å². The lowest BCUT2D eigenvalue weighted by atomic mass is 9.99. The summed E-state index contributed by atoms with van der Waals surface area (Å²) in [5.41, 5.74) is 7.79. The van der Waals surface area contributed by atoms with E-state index in [2.05, 4.69) is 5.10 Å². The molecular formula is C9H17N3O. The molecular weight excluding hydrogens is 166 g/mol. The molecule has 4 nitrogen and oxygen atoms in total. The maximum Gasteiger partial charge on any atom is 0.0596 e. The number of rotatable bonds is 3. The zero-order valence-electron chi connectivity index (χ0n) is 8.36. The Kier molecular flexibility index (Phi) is 3.06. The average Bonchev–Trinajstić information content (AvgIpc) is 2.42. The third kappa shape index (κ3) is 2.08. The van der Waals surface area contributed by atoms with Crippen LogP contribution in [0.4, 0.5) is 0 Å². The molecule has 0 aliphatic rings. The second-order valence-corrected chi connectivity index (χ2v) is 3.47. The molecule has 0 spiro atoms. The van der Waals surface area contributed by atoms with E-state index >= 15 is 0 Å². The largest absolute Gasteiger partial charge is 0.395 e. The number of nitrogens with zero attached hydrogens (tertiary/aromatic N) is 2. The van der Waals surface area contributed by atoms with Crippen LogP contribution in [-0.2, 0) is 7.05 Å². The van der Waals surface area contributed by atoms with Gasteiger partial charge in [-0.1, -0.05) is 6.92 Å². The molecule has 0 radical (unpaired) electrons. The molecule has 0 bridgehead atoms. The molecule has 3 N–H and O–H groups in total. The fraction of sp³-hybridized carbons (Fsp3) is 0.667. The van der Waals surface area contributed by atoms with E-state index in [1.807, 2.05) is 31.6 Å². The molecule has 1 heterocycles. The summed E-state index contributed by atoms with van der Waals surface area (Å²) >= 11 is 0. The Hall–Kier alpha value is -0.870. The minimum Gasteiger partial charge on any atom is -0.395 e. The van der Waals surface area contributed by atoms with E-state index in [1.54, 1.807) is 0 Å². The molecule has 13 heavy (non-hydrogen) atoms. The van der Waals surface area contributed by atoms with Gasteiger partial charge in [-0.05, 0) is 13.0 Å². The monoisotopic (exact) mass is 183 g/mol. The van der Waals surface area contributed by atoms with E-state index < -0.39 is 0 Å². The highest BCUT2D eigenvalue weighted by atomic mass is 16.3. The minimum absolute atomic E-state index is 0.00535. The molecule has 1 rings (SSSR count). The number of aliphatic hydroxyl groups is 1. The van der Waals surface area contributed by atoms with E-state index in [-0.39, 0.29) is 18.6 Å². The van der Waals surface area contributed by atoms with Crippen LogP contribution in [0.3, 0.4) is 0 Å². The second kappa shape index (κ2) is 3.89. The number of nitrogens with two attached hydrogens (primary N) is 1. The van der Waals surface area contributed by atoms with Crippen molar-refractivity contribution >= 4 is 0 Å². The third-order valence-corrected chi connectivity index (χ3v) is 2.36. The molecule has 0 aliphatic carbocycles. The molecule has 2 unspecified atom stereocenters. The number of aromatic nitrogens is 2. The van der Waals surface area contributed by atoms with Gasteiger partial charge in [0.15, 0.2) is 0 Å². The molecule has 1 aromatic heterocycles. The number of aryl methyl sites for hydroxylation is 2. The van der Waals surface area contributed by atoms with E-state index in [1.165, 1.54) is 0 Å². The normalized spacial score (nSPS) is 15.8. The zero-order valence-corrected chi connectivity index (χ0v) is 8.36. The average molecular weight is 183 g/mol. The number of hydrogen-bond donors (Lipinski definition) is 2. The highest BCUT2D eigenvalue weighted by Crippen LogP contribution is 2.17. The van der Waals surface area contributed by atoms with Crippen LogP contribution >= 0.6 is 0 Å². The van der Waals surface area contributed by atoms with Crippen molar-refractivity contribution in [2.24, 2.45) is 12.8 Å². The van der Waals surface area contributed by atoms with Gasteiger partial charge in [0.25, 0.3) is 0 Å². The Morgan fingerprint density at radius 1 is 1.69 bits per heavy atom. The van der Waals surface area contributed by atoms with Gasteiger partial charge >= 0.3 is 0 Å². The zero-order chi connectivity index (χ0) is 10.0. The summed E-state index contributed by atoms with van der Waals surface area (Å²) in [6, 6.07) is 1.79. The van der Waals surface area contributed by atoms with Crippen molar-refractivity contribution in [1.82, 2.24) is 9.78 Å². The molecule has 2 atom stereocenters. The van der Waals surface area contributed by atoms with Gasteiger partial charge in [0, 0.05) is 24.7 Å². The Morgan fingerprint density at radius 2 is 2.31 bits per heavy atom. The van der Waals surface area contributed by atoms with Gasteiger partial charge in [-0.15, -0.1) is 0 Å². The van der Waals surface area contributed by atoms with Crippen LogP contribution < -0.4 is 5.73 Å². The molecule has 0 aromatic carbocycles. The third-order valence-electron chi connectivity index (χ3n) is 2.36. The molecule has 74 valence electrons. The van der Waals surface area contributed by atoms with E-state index in [0.29, 0.717) is 0 Å². The first kappa shape index (κ1) is 10.2. The topological polar surface area (TPSA) is 64.1 Å². The molecule has 0 aliphatic heterocycles. The lowest BCUT2D eigenvalue weighted by molar-refractivity contribution is 0.250. The first-order valence-corrected chi connectivity index (χ1v) is 4.43. The molecule has 0 saturated heterocycles. The predicted molar refractivity (Wildman–Crippen MR) is 51.4 cm³/mol. The Balaban J connectivity index is 2.87. The quantitative estimate of drug-likeness (QED) is 0.701. The highest BCUT2D eigenvalue weighted by Gasteiger charge is 2.17. The van der Waals surface area contributed by atoms with Gasteiger partial charge in [-0.2, -0.15) is 5.10 Å². The fourth-order valence-corrected chi connectivity index (χ4v) is 1.43. The lowest BCUT2D eigenvalue weighted by Gasteiger charge is -2.17. The van der Waals surface area contributed by atoms with E-state index in [9.17, 15) is 0 Å². The minimum atomic E-state index is -0.213. The second-order valence-electron chi connectivity index (χ2n) is 3.47. The number of aliphatic hydroxyl groups excluding tert-OH is 1. The van der Waals surface area contributed by atoms with E-state index in [0.717, 1.165) is 11.4 Å². The highest BCUT2D eigenvalue weighted by molar-refractivity contribution is 5.14. The Labute approximate surface area is 78.4 Å². The standard InChI is InChI=1S/C9H17N3O/c1-6-4-9(12(3)11-6)7(2)8(10)5-13/h4,7-8,13H,5,10H2,1-3H3. The first-order valence-electron chi connectivity index (χ1n) is 4.43. The van der Waals surface area contributed by atoms with Crippen LogP contribution in [-0.4, -0.2) is 27.5 Å².